The van der Waals surface area contributed by atoms with Crippen LogP contribution >= 0.6 is 23.2 Å². The quantitative estimate of drug-likeness (QED) is 0.743. The van der Waals surface area contributed by atoms with Crippen molar-refractivity contribution in [3.63, 3.8) is 0 Å². The maximum atomic E-state index is 11.9. The van der Waals surface area contributed by atoms with Gasteiger partial charge in [-0.2, -0.15) is 0 Å². The van der Waals surface area contributed by atoms with Gasteiger partial charge in [0.15, 0.2) is 0 Å². The van der Waals surface area contributed by atoms with E-state index in [2.05, 4.69) is 17.1 Å². The minimum absolute atomic E-state index is 0.0630. The van der Waals surface area contributed by atoms with Crippen molar-refractivity contribution >= 4 is 29.1 Å². The summed E-state index contributed by atoms with van der Waals surface area (Å²) in [4.78, 5) is 14.4. The summed E-state index contributed by atoms with van der Waals surface area (Å²) in [5.74, 6) is 0.867. The van der Waals surface area contributed by atoms with Gasteiger partial charge in [0.25, 0.3) is 0 Å². The second-order valence-corrected chi connectivity index (χ2v) is 7.27. The van der Waals surface area contributed by atoms with Crippen LogP contribution < -0.4 is 5.32 Å². The lowest BCUT2D eigenvalue weighted by atomic mass is 10.0. The first-order chi connectivity index (χ1) is 11.1. The molecule has 3 nitrogen and oxygen atoms in total. The van der Waals surface area contributed by atoms with E-state index in [1.165, 1.54) is 25.9 Å². The van der Waals surface area contributed by atoms with Crippen molar-refractivity contribution in [3.05, 3.63) is 33.8 Å². The number of halogens is 2. The minimum atomic E-state index is 0.0630. The third-order valence-electron chi connectivity index (χ3n) is 4.38. The van der Waals surface area contributed by atoms with Crippen LogP contribution in [0.15, 0.2) is 18.2 Å². The Kier molecular flexibility index (Phi) is 7.68. The first-order valence-corrected chi connectivity index (χ1v) is 9.24. The Morgan fingerprint density at radius 2 is 2.09 bits per heavy atom. The van der Waals surface area contributed by atoms with Crippen LogP contribution in [0.2, 0.25) is 10.0 Å². The molecule has 5 heteroatoms. The summed E-state index contributed by atoms with van der Waals surface area (Å²) < 4.78 is 0. The Bertz CT molecular complexity index is 501. The zero-order valence-corrected chi connectivity index (χ0v) is 15.3. The highest BCUT2D eigenvalue weighted by Crippen LogP contribution is 2.25. The first-order valence-electron chi connectivity index (χ1n) is 8.48. The second-order valence-electron chi connectivity index (χ2n) is 6.45. The van der Waals surface area contributed by atoms with E-state index in [1.54, 1.807) is 12.1 Å². The van der Waals surface area contributed by atoms with Crippen molar-refractivity contribution in [3.8, 4) is 0 Å². The summed E-state index contributed by atoms with van der Waals surface area (Å²) in [7, 11) is 0. The molecule has 0 spiro atoms. The molecule has 128 valence electrons. The summed E-state index contributed by atoms with van der Waals surface area (Å²) in [6.45, 7) is 6.51. The molecular formula is C18H26Cl2N2O. The maximum Gasteiger partial charge on any atom is 0.220 e. The van der Waals surface area contributed by atoms with Gasteiger partial charge in [-0.05, 0) is 62.4 Å². The molecule has 0 aliphatic carbocycles. The van der Waals surface area contributed by atoms with Crippen LogP contribution in [0.4, 0.5) is 0 Å². The van der Waals surface area contributed by atoms with Crippen LogP contribution in [0.3, 0.4) is 0 Å². The molecule has 1 atom stereocenters. The van der Waals surface area contributed by atoms with Gasteiger partial charge in [0, 0.05) is 29.6 Å². The van der Waals surface area contributed by atoms with Crippen molar-refractivity contribution in [2.75, 3.05) is 26.2 Å². The molecule has 1 aliphatic heterocycles. The van der Waals surface area contributed by atoms with Crippen molar-refractivity contribution in [2.45, 2.75) is 39.0 Å². The Morgan fingerprint density at radius 1 is 1.35 bits per heavy atom. The molecule has 0 unspecified atom stereocenters. The number of amides is 1. The first kappa shape index (κ1) is 18.6. The van der Waals surface area contributed by atoms with Gasteiger partial charge >= 0.3 is 0 Å². The van der Waals surface area contributed by atoms with E-state index in [9.17, 15) is 4.79 Å². The standard InChI is InChI=1S/C18H26Cl2N2O/c1-14-5-3-11-22(13-14)12-4-10-21-18(23)9-8-15-16(19)6-2-7-17(15)20/h2,6-7,14H,3-5,8-13H2,1H3,(H,21,23)/t14-/m0/s1. The average molecular weight is 357 g/mol. The van der Waals surface area contributed by atoms with Crippen LogP contribution in [0, 0.1) is 5.92 Å². The smallest absolute Gasteiger partial charge is 0.220 e. The molecule has 23 heavy (non-hydrogen) atoms. The molecule has 1 heterocycles. The number of carbonyl (C=O) groups is 1. The molecular weight excluding hydrogens is 331 g/mol. The fourth-order valence-electron chi connectivity index (χ4n) is 3.12. The maximum absolute atomic E-state index is 11.9. The Balaban J connectivity index is 1.62. The van der Waals surface area contributed by atoms with E-state index in [0.717, 1.165) is 31.0 Å². The van der Waals surface area contributed by atoms with Gasteiger partial charge < -0.3 is 10.2 Å². The molecule has 1 aliphatic rings. The van der Waals surface area contributed by atoms with Crippen molar-refractivity contribution in [1.82, 2.24) is 10.2 Å². The molecule has 0 saturated carbocycles. The van der Waals surface area contributed by atoms with Gasteiger partial charge in [-0.25, -0.2) is 0 Å². The normalized spacial score (nSPS) is 18.8. The third kappa shape index (κ3) is 6.33. The fourth-order valence-corrected chi connectivity index (χ4v) is 3.70. The summed E-state index contributed by atoms with van der Waals surface area (Å²) in [5.41, 5.74) is 0.855. The summed E-state index contributed by atoms with van der Waals surface area (Å²) in [6, 6.07) is 5.43. The van der Waals surface area contributed by atoms with Crippen LogP contribution in [-0.4, -0.2) is 37.0 Å². The Hall–Kier alpha value is -0.770. The molecule has 1 aromatic carbocycles. The molecule has 1 N–H and O–H groups in total. The number of piperidine rings is 1. The topological polar surface area (TPSA) is 32.3 Å². The molecule has 1 fully saturated rings. The Labute approximate surface area is 149 Å². The minimum Gasteiger partial charge on any atom is -0.356 e. The molecule has 0 radical (unpaired) electrons. The molecule has 1 saturated heterocycles. The van der Waals surface area contributed by atoms with E-state index < -0.39 is 0 Å². The monoisotopic (exact) mass is 356 g/mol. The lowest BCUT2D eigenvalue weighted by Crippen LogP contribution is -2.36. The van der Waals surface area contributed by atoms with Crippen molar-refractivity contribution < 1.29 is 4.79 Å². The van der Waals surface area contributed by atoms with E-state index in [1.807, 2.05) is 6.07 Å². The van der Waals surface area contributed by atoms with Gasteiger partial charge in [0.1, 0.15) is 0 Å². The van der Waals surface area contributed by atoms with E-state index in [-0.39, 0.29) is 5.91 Å². The van der Waals surface area contributed by atoms with Crippen molar-refractivity contribution in [1.29, 1.82) is 0 Å². The third-order valence-corrected chi connectivity index (χ3v) is 5.09. The number of carbonyl (C=O) groups excluding carboxylic acids is 1. The number of benzene rings is 1. The molecule has 1 aromatic rings. The molecule has 0 bridgehead atoms. The van der Waals surface area contributed by atoms with Gasteiger partial charge in [-0.15, -0.1) is 0 Å². The van der Waals surface area contributed by atoms with Crippen LogP contribution in [0.5, 0.6) is 0 Å². The number of likely N-dealkylation sites (tertiary alicyclic amines) is 1. The van der Waals surface area contributed by atoms with E-state index >= 15 is 0 Å². The highest BCUT2D eigenvalue weighted by atomic mass is 35.5. The molecule has 2 rings (SSSR count). The lowest BCUT2D eigenvalue weighted by Gasteiger charge is -2.30. The summed E-state index contributed by atoms with van der Waals surface area (Å²) in [6.07, 6.45) is 4.65. The highest BCUT2D eigenvalue weighted by molar-refractivity contribution is 6.36. The van der Waals surface area contributed by atoms with E-state index in [0.29, 0.717) is 22.9 Å². The Morgan fingerprint density at radius 3 is 2.78 bits per heavy atom. The van der Waals surface area contributed by atoms with Crippen LogP contribution in [-0.2, 0) is 11.2 Å². The highest BCUT2D eigenvalue weighted by Gasteiger charge is 2.15. The van der Waals surface area contributed by atoms with Gasteiger partial charge in [0.2, 0.25) is 5.91 Å². The number of nitrogens with one attached hydrogen (secondary N) is 1. The van der Waals surface area contributed by atoms with Gasteiger partial charge in [-0.1, -0.05) is 36.2 Å². The summed E-state index contributed by atoms with van der Waals surface area (Å²) >= 11 is 12.2. The fraction of sp³-hybridized carbons (Fsp3) is 0.611. The lowest BCUT2D eigenvalue weighted by molar-refractivity contribution is -0.121. The second kappa shape index (κ2) is 9.51. The molecule has 1 amide bonds. The number of rotatable bonds is 7. The predicted molar refractivity (Wildman–Crippen MR) is 97.2 cm³/mol. The average Bonchev–Trinajstić information content (AvgIpc) is 2.51. The number of nitrogens with zero attached hydrogens (tertiary/aromatic N) is 1. The summed E-state index contributed by atoms with van der Waals surface area (Å²) in [5, 5.41) is 4.25. The van der Waals surface area contributed by atoms with Crippen LogP contribution in [0.1, 0.15) is 38.2 Å². The predicted octanol–water partition coefficient (Wildman–Crippen LogP) is 4.16. The van der Waals surface area contributed by atoms with Crippen LogP contribution in [0.25, 0.3) is 0 Å². The van der Waals surface area contributed by atoms with Gasteiger partial charge in [-0.3, -0.25) is 4.79 Å². The number of hydrogen-bond acceptors (Lipinski definition) is 2. The zero-order valence-electron chi connectivity index (χ0n) is 13.8. The van der Waals surface area contributed by atoms with Crippen molar-refractivity contribution in [2.24, 2.45) is 5.92 Å². The molecule has 0 aromatic heterocycles. The zero-order chi connectivity index (χ0) is 16.7. The van der Waals surface area contributed by atoms with E-state index in [4.69, 9.17) is 23.2 Å². The SMILES string of the molecule is C[C@H]1CCCN(CCCNC(=O)CCc2c(Cl)cccc2Cl)C1. The number of hydrogen-bond donors (Lipinski definition) is 1. The largest absolute Gasteiger partial charge is 0.356 e. The van der Waals surface area contributed by atoms with Gasteiger partial charge in [0.05, 0.1) is 0 Å².